The highest BCUT2D eigenvalue weighted by atomic mass is 16.2. The van der Waals surface area contributed by atoms with E-state index >= 15 is 0 Å². The monoisotopic (exact) mass is 203 g/mol. The maximum Gasteiger partial charge on any atom is 0.233 e. The Morgan fingerprint density at radius 1 is 1.33 bits per heavy atom. The van der Waals surface area contributed by atoms with E-state index in [9.17, 15) is 9.59 Å². The molecule has 2 rings (SSSR count). The van der Waals surface area contributed by atoms with Crippen LogP contribution in [0.1, 0.15) is 6.42 Å². The fourth-order valence-corrected chi connectivity index (χ4v) is 1.92. The van der Waals surface area contributed by atoms with Gasteiger partial charge in [0.25, 0.3) is 0 Å². The number of hydrogen-bond acceptors (Lipinski definition) is 2. The predicted octanol–water partition coefficient (Wildman–Crippen LogP) is 1.29. The zero-order valence-corrected chi connectivity index (χ0v) is 8.48. The summed E-state index contributed by atoms with van der Waals surface area (Å²) in [7, 11) is 0. The maximum atomic E-state index is 11.6. The van der Waals surface area contributed by atoms with Crippen molar-refractivity contribution in [3.63, 3.8) is 0 Å². The SMILES string of the molecule is C=C/C=C(\C=C)CN1C(=O)C2CC2C1=O. The van der Waals surface area contributed by atoms with Crippen molar-refractivity contribution in [1.29, 1.82) is 0 Å². The summed E-state index contributed by atoms with van der Waals surface area (Å²) in [4.78, 5) is 24.6. The van der Waals surface area contributed by atoms with Gasteiger partial charge in [-0.3, -0.25) is 14.5 Å². The zero-order chi connectivity index (χ0) is 11.0. The summed E-state index contributed by atoms with van der Waals surface area (Å²) in [6, 6.07) is 0. The third kappa shape index (κ3) is 1.54. The molecule has 0 radical (unpaired) electrons. The normalized spacial score (nSPS) is 29.1. The molecule has 1 heterocycles. The van der Waals surface area contributed by atoms with Crippen LogP contribution in [0.15, 0.2) is 37.0 Å². The number of hydrogen-bond donors (Lipinski definition) is 0. The highest BCUT2D eigenvalue weighted by molar-refractivity contribution is 6.09. The van der Waals surface area contributed by atoms with Gasteiger partial charge in [-0.25, -0.2) is 0 Å². The quantitative estimate of drug-likeness (QED) is 0.510. The van der Waals surface area contributed by atoms with Gasteiger partial charge in [0.05, 0.1) is 18.4 Å². The number of carbonyl (C=O) groups is 2. The summed E-state index contributed by atoms with van der Waals surface area (Å²) in [6.07, 6.45) is 5.79. The molecule has 1 aliphatic carbocycles. The Morgan fingerprint density at radius 3 is 2.40 bits per heavy atom. The highest BCUT2D eigenvalue weighted by Crippen LogP contribution is 2.47. The van der Waals surface area contributed by atoms with Crippen LogP contribution in [0.25, 0.3) is 0 Å². The lowest BCUT2D eigenvalue weighted by Crippen LogP contribution is -2.34. The highest BCUT2D eigenvalue weighted by Gasteiger charge is 2.58. The van der Waals surface area contributed by atoms with Crippen LogP contribution in [0.4, 0.5) is 0 Å². The minimum absolute atomic E-state index is 0.0210. The average molecular weight is 203 g/mol. The number of piperidine rings is 1. The Balaban J connectivity index is 2.09. The van der Waals surface area contributed by atoms with Gasteiger partial charge in [-0.05, 0) is 12.0 Å². The van der Waals surface area contributed by atoms with Gasteiger partial charge in [0.15, 0.2) is 0 Å². The van der Waals surface area contributed by atoms with Crippen LogP contribution in [0.3, 0.4) is 0 Å². The number of nitrogens with zero attached hydrogens (tertiary/aromatic N) is 1. The Bertz CT molecular complexity index is 361. The molecule has 2 fully saturated rings. The lowest BCUT2D eigenvalue weighted by Gasteiger charge is -2.16. The van der Waals surface area contributed by atoms with E-state index in [-0.39, 0.29) is 23.7 Å². The first-order valence-corrected chi connectivity index (χ1v) is 4.98. The van der Waals surface area contributed by atoms with Crippen LogP contribution in [-0.4, -0.2) is 23.3 Å². The van der Waals surface area contributed by atoms with E-state index in [2.05, 4.69) is 13.2 Å². The van der Waals surface area contributed by atoms with E-state index in [4.69, 9.17) is 0 Å². The molecule has 0 spiro atoms. The van der Waals surface area contributed by atoms with E-state index in [0.29, 0.717) is 6.54 Å². The number of carbonyl (C=O) groups excluding carboxylic acids is 2. The molecular weight excluding hydrogens is 190 g/mol. The molecule has 15 heavy (non-hydrogen) atoms. The van der Waals surface area contributed by atoms with Crippen molar-refractivity contribution >= 4 is 11.8 Å². The van der Waals surface area contributed by atoms with Crippen molar-refractivity contribution in [3.05, 3.63) is 37.0 Å². The molecule has 3 nitrogen and oxygen atoms in total. The fraction of sp³-hybridized carbons (Fsp3) is 0.333. The van der Waals surface area contributed by atoms with Crippen molar-refractivity contribution in [2.24, 2.45) is 11.8 Å². The number of amides is 2. The molecule has 3 heteroatoms. The van der Waals surface area contributed by atoms with Gasteiger partial charge in [0.2, 0.25) is 11.8 Å². The van der Waals surface area contributed by atoms with Gasteiger partial charge >= 0.3 is 0 Å². The molecule has 0 aromatic heterocycles. The Morgan fingerprint density at radius 2 is 1.93 bits per heavy atom. The van der Waals surface area contributed by atoms with Crippen molar-refractivity contribution in [2.75, 3.05) is 6.54 Å². The molecule has 0 aromatic rings. The van der Waals surface area contributed by atoms with Crippen LogP contribution in [0, 0.1) is 11.8 Å². The average Bonchev–Trinajstić information content (AvgIpc) is 2.97. The van der Waals surface area contributed by atoms with E-state index in [1.807, 2.05) is 0 Å². The number of imide groups is 1. The van der Waals surface area contributed by atoms with Gasteiger partial charge in [0, 0.05) is 0 Å². The predicted molar refractivity (Wildman–Crippen MR) is 56.8 cm³/mol. The minimum atomic E-state index is -0.0261. The van der Waals surface area contributed by atoms with Gasteiger partial charge in [-0.2, -0.15) is 0 Å². The third-order valence-electron chi connectivity index (χ3n) is 2.89. The Hall–Kier alpha value is -1.64. The van der Waals surface area contributed by atoms with Gasteiger partial charge in [-0.15, -0.1) is 0 Å². The summed E-state index contributed by atoms with van der Waals surface area (Å²) in [6.45, 7) is 7.54. The summed E-state index contributed by atoms with van der Waals surface area (Å²) in [5.41, 5.74) is 0.841. The molecule has 0 bridgehead atoms. The molecule has 78 valence electrons. The van der Waals surface area contributed by atoms with E-state index < -0.39 is 0 Å². The van der Waals surface area contributed by atoms with Crippen molar-refractivity contribution in [1.82, 2.24) is 4.90 Å². The molecule has 0 aromatic carbocycles. The van der Waals surface area contributed by atoms with E-state index in [0.717, 1.165) is 12.0 Å². The second-order valence-corrected chi connectivity index (χ2v) is 3.89. The molecule has 1 saturated heterocycles. The molecule has 2 aliphatic rings. The van der Waals surface area contributed by atoms with Gasteiger partial charge < -0.3 is 0 Å². The summed E-state index contributed by atoms with van der Waals surface area (Å²) < 4.78 is 0. The van der Waals surface area contributed by atoms with Crippen LogP contribution >= 0.6 is 0 Å². The number of rotatable bonds is 4. The van der Waals surface area contributed by atoms with Gasteiger partial charge in [-0.1, -0.05) is 31.4 Å². The van der Waals surface area contributed by atoms with E-state index in [1.54, 1.807) is 18.2 Å². The zero-order valence-electron chi connectivity index (χ0n) is 8.48. The molecule has 0 N–H and O–H groups in total. The number of allylic oxidation sites excluding steroid dienone is 2. The largest absolute Gasteiger partial charge is 0.278 e. The van der Waals surface area contributed by atoms with Crippen molar-refractivity contribution in [3.8, 4) is 0 Å². The standard InChI is InChI=1S/C12H13NO2/c1-3-5-8(4-2)7-13-11(14)9-6-10(9)12(13)15/h3-5,9-10H,1-2,6-7H2/b8-5+. The third-order valence-corrected chi connectivity index (χ3v) is 2.89. The van der Waals surface area contributed by atoms with E-state index in [1.165, 1.54) is 4.90 Å². The number of likely N-dealkylation sites (tertiary alicyclic amines) is 1. The van der Waals surface area contributed by atoms with Crippen LogP contribution < -0.4 is 0 Å². The molecule has 1 aliphatic heterocycles. The summed E-state index contributed by atoms with van der Waals surface area (Å²) in [5.74, 6) is -0.0942. The first-order chi connectivity index (χ1) is 7.19. The fourth-order valence-electron chi connectivity index (χ4n) is 1.92. The second kappa shape index (κ2) is 3.50. The molecule has 2 atom stereocenters. The van der Waals surface area contributed by atoms with Crippen LogP contribution in [0.5, 0.6) is 0 Å². The van der Waals surface area contributed by atoms with Gasteiger partial charge in [0.1, 0.15) is 0 Å². The van der Waals surface area contributed by atoms with Crippen LogP contribution in [-0.2, 0) is 9.59 Å². The minimum Gasteiger partial charge on any atom is -0.278 e. The first-order valence-electron chi connectivity index (χ1n) is 4.98. The smallest absolute Gasteiger partial charge is 0.233 e. The van der Waals surface area contributed by atoms with Crippen molar-refractivity contribution < 1.29 is 9.59 Å². The lowest BCUT2D eigenvalue weighted by molar-refractivity contribution is -0.140. The number of fused-ring (bicyclic) bond motifs is 1. The first kappa shape index (κ1) is 9.90. The molecule has 2 amide bonds. The topological polar surface area (TPSA) is 37.4 Å². The maximum absolute atomic E-state index is 11.6. The van der Waals surface area contributed by atoms with Crippen molar-refractivity contribution in [2.45, 2.75) is 6.42 Å². The van der Waals surface area contributed by atoms with Crippen LogP contribution in [0.2, 0.25) is 0 Å². The molecule has 1 saturated carbocycles. The lowest BCUT2D eigenvalue weighted by atomic mass is 10.2. The summed E-state index contributed by atoms with van der Waals surface area (Å²) in [5, 5.41) is 0. The second-order valence-electron chi connectivity index (χ2n) is 3.89. The Kier molecular flexibility index (Phi) is 2.31. The molecule has 2 unspecified atom stereocenters. The Labute approximate surface area is 88.8 Å². The molecular formula is C12H13NO2. The summed E-state index contributed by atoms with van der Waals surface area (Å²) >= 11 is 0.